The van der Waals surface area contributed by atoms with Crippen molar-refractivity contribution in [1.29, 1.82) is 0 Å². The Hall–Kier alpha value is -1.87. The normalized spacial score (nSPS) is 16.4. The van der Waals surface area contributed by atoms with Crippen molar-refractivity contribution in [2.45, 2.75) is 24.9 Å². The number of hydrogen-bond donors (Lipinski definition) is 1. The summed E-state index contributed by atoms with van der Waals surface area (Å²) < 4.78 is 41.2. The van der Waals surface area contributed by atoms with Crippen LogP contribution in [-0.2, 0) is 6.42 Å². The molecule has 1 aliphatic rings. The van der Waals surface area contributed by atoms with E-state index >= 15 is 0 Å². The van der Waals surface area contributed by atoms with Crippen LogP contribution in [0.2, 0.25) is 15.1 Å². The highest BCUT2D eigenvalue weighted by Gasteiger charge is 2.43. The van der Waals surface area contributed by atoms with Gasteiger partial charge >= 0.3 is 6.18 Å². The number of hydrogen-bond acceptors (Lipinski definition) is 4. The van der Waals surface area contributed by atoms with E-state index in [0.717, 1.165) is 11.4 Å². The molecule has 1 aliphatic heterocycles. The number of alkyl halides is 3. The van der Waals surface area contributed by atoms with Gasteiger partial charge in [0.2, 0.25) is 0 Å². The Balaban J connectivity index is 1.89. The molecule has 4 nitrogen and oxygen atoms in total. The molecule has 0 fully saturated rings. The lowest BCUT2D eigenvalue weighted by atomic mass is 10.2. The van der Waals surface area contributed by atoms with E-state index in [1.54, 1.807) is 30.3 Å². The molecule has 2 aromatic carbocycles. The summed E-state index contributed by atoms with van der Waals surface area (Å²) in [6.07, 6.45) is -4.02. The van der Waals surface area contributed by atoms with E-state index in [0.29, 0.717) is 50.3 Å². The Bertz CT molecular complexity index is 1160. The molecule has 0 aliphatic carbocycles. The first kappa shape index (κ1) is 22.3. The highest BCUT2D eigenvalue weighted by molar-refractivity contribution is 8.14. The van der Waals surface area contributed by atoms with Crippen molar-refractivity contribution in [3.8, 4) is 17.1 Å². The topological polar surface area (TPSA) is 42.2 Å². The smallest absolute Gasteiger partial charge is 0.296 e. The van der Waals surface area contributed by atoms with E-state index in [9.17, 15) is 13.2 Å². The minimum atomic E-state index is -4.53. The summed E-state index contributed by atoms with van der Waals surface area (Å²) in [4.78, 5) is 4.72. The van der Waals surface area contributed by atoms with Crippen LogP contribution in [0.5, 0.6) is 0 Å². The first-order valence-electron chi connectivity index (χ1n) is 9.09. The Kier molecular flexibility index (Phi) is 6.18. The van der Waals surface area contributed by atoms with E-state index < -0.39 is 16.6 Å². The molecule has 1 aromatic heterocycles. The zero-order valence-corrected chi connectivity index (χ0v) is 18.9. The summed E-state index contributed by atoms with van der Waals surface area (Å²) in [5, 5.41) is 3.13. The maximum Gasteiger partial charge on any atom is 0.441 e. The van der Waals surface area contributed by atoms with Crippen LogP contribution in [0.25, 0.3) is 17.1 Å². The molecule has 0 amide bonds. The van der Waals surface area contributed by atoms with Gasteiger partial charge in [-0.05, 0) is 48.9 Å². The zero-order chi connectivity index (χ0) is 22.3. The van der Waals surface area contributed by atoms with Crippen LogP contribution >= 0.6 is 46.6 Å². The van der Waals surface area contributed by atoms with Crippen molar-refractivity contribution < 1.29 is 13.2 Å². The molecule has 1 atom stereocenters. The monoisotopic (exact) mass is 504 g/mol. The molecule has 4 rings (SSSR count). The van der Waals surface area contributed by atoms with Gasteiger partial charge in [-0.1, -0.05) is 53.5 Å². The van der Waals surface area contributed by atoms with Gasteiger partial charge < -0.3 is 0 Å². The van der Waals surface area contributed by atoms with Crippen LogP contribution in [0.15, 0.2) is 47.6 Å². The van der Waals surface area contributed by atoms with Crippen molar-refractivity contribution >= 4 is 51.6 Å². The van der Waals surface area contributed by atoms with Crippen LogP contribution in [0.3, 0.4) is 0 Å². The molecule has 31 heavy (non-hydrogen) atoms. The number of hydrazone groups is 1. The molecule has 2 heterocycles. The summed E-state index contributed by atoms with van der Waals surface area (Å²) in [5.74, 6) is 0.485. The third kappa shape index (κ3) is 4.39. The minimum Gasteiger partial charge on any atom is -0.296 e. The summed E-state index contributed by atoms with van der Waals surface area (Å²) in [6.45, 7) is 1.91. The van der Waals surface area contributed by atoms with Gasteiger partial charge in [0, 0.05) is 27.0 Å². The van der Waals surface area contributed by atoms with E-state index in [2.05, 4.69) is 10.5 Å². The average Bonchev–Trinajstić information content (AvgIpc) is 3.33. The predicted molar refractivity (Wildman–Crippen MR) is 120 cm³/mol. The number of halogens is 6. The molecule has 0 radical (unpaired) electrons. The number of nitrogens with one attached hydrogen (secondary N) is 1. The molecule has 0 saturated carbocycles. The largest absolute Gasteiger partial charge is 0.441 e. The SMILES string of the molecule is CCc1c(C2NN=C(C(F)(F)F)S2)nc(-c2ccc(Cl)cc2Cl)n1-c1ccc(Cl)cc1. The summed E-state index contributed by atoms with van der Waals surface area (Å²) >= 11 is 19.1. The van der Waals surface area contributed by atoms with Gasteiger partial charge in [-0.25, -0.2) is 4.98 Å². The second-order valence-corrected chi connectivity index (χ2v) is 8.97. The Labute approximate surface area is 195 Å². The van der Waals surface area contributed by atoms with E-state index in [1.165, 1.54) is 0 Å². The predicted octanol–water partition coefficient (Wildman–Crippen LogP) is 7.27. The fourth-order valence-corrected chi connectivity index (χ4v) is 4.76. The quantitative estimate of drug-likeness (QED) is 0.405. The van der Waals surface area contributed by atoms with Gasteiger partial charge in [-0.2, -0.15) is 18.3 Å². The van der Waals surface area contributed by atoms with Crippen molar-refractivity contribution in [1.82, 2.24) is 15.0 Å². The number of benzene rings is 2. The van der Waals surface area contributed by atoms with Crippen LogP contribution in [0.1, 0.15) is 23.7 Å². The Morgan fingerprint density at radius 1 is 1.06 bits per heavy atom. The average molecular weight is 506 g/mol. The van der Waals surface area contributed by atoms with Gasteiger partial charge in [0.15, 0.2) is 5.04 Å². The molecule has 3 aromatic rings. The molecule has 1 N–H and O–H groups in total. The van der Waals surface area contributed by atoms with Gasteiger partial charge in [0.05, 0.1) is 10.7 Å². The highest BCUT2D eigenvalue weighted by Crippen LogP contribution is 2.42. The van der Waals surface area contributed by atoms with E-state index in [1.807, 2.05) is 23.6 Å². The lowest BCUT2D eigenvalue weighted by Gasteiger charge is -2.14. The van der Waals surface area contributed by atoms with Crippen LogP contribution in [-0.4, -0.2) is 20.8 Å². The second-order valence-electron chi connectivity index (χ2n) is 6.60. The third-order valence-corrected chi connectivity index (χ3v) is 6.51. The van der Waals surface area contributed by atoms with Crippen LogP contribution < -0.4 is 5.43 Å². The molecule has 0 spiro atoms. The van der Waals surface area contributed by atoms with Crippen molar-refractivity contribution in [3.63, 3.8) is 0 Å². The standard InChI is InChI=1S/C20H14Cl3F3N4S/c1-2-15-16(18-28-29-19(31-18)20(24,25)26)27-17(13-8-5-11(22)9-14(13)23)30(15)12-6-3-10(21)4-7-12/h3-9,18,28H,2H2,1H3. The number of imidazole rings is 1. The van der Waals surface area contributed by atoms with Gasteiger partial charge in [-0.15, -0.1) is 0 Å². The molecule has 1 unspecified atom stereocenters. The molecule has 0 saturated heterocycles. The number of thioether (sulfide) groups is 1. The van der Waals surface area contributed by atoms with Crippen LogP contribution in [0.4, 0.5) is 13.2 Å². The number of nitrogens with zero attached hydrogens (tertiary/aromatic N) is 3. The van der Waals surface area contributed by atoms with E-state index in [-0.39, 0.29) is 0 Å². The summed E-state index contributed by atoms with van der Waals surface area (Å²) in [7, 11) is 0. The van der Waals surface area contributed by atoms with Crippen molar-refractivity contribution in [3.05, 3.63) is 68.9 Å². The number of aromatic nitrogens is 2. The first-order valence-corrected chi connectivity index (χ1v) is 11.1. The highest BCUT2D eigenvalue weighted by atomic mass is 35.5. The van der Waals surface area contributed by atoms with Crippen molar-refractivity contribution in [2.75, 3.05) is 0 Å². The molecular weight excluding hydrogens is 492 g/mol. The summed E-state index contributed by atoms with van der Waals surface area (Å²) in [5.41, 5.74) is 5.09. The fraction of sp³-hybridized carbons (Fsp3) is 0.200. The molecular formula is C20H14Cl3F3N4S. The third-order valence-electron chi connectivity index (χ3n) is 4.60. The molecule has 162 valence electrons. The molecule has 11 heteroatoms. The maximum atomic E-state index is 13.1. The van der Waals surface area contributed by atoms with Gasteiger partial charge in [0.1, 0.15) is 11.2 Å². The van der Waals surface area contributed by atoms with Gasteiger partial charge in [-0.3, -0.25) is 9.99 Å². The Morgan fingerprint density at radius 2 is 1.74 bits per heavy atom. The summed E-state index contributed by atoms with van der Waals surface area (Å²) in [6, 6.07) is 12.1. The zero-order valence-electron chi connectivity index (χ0n) is 15.8. The van der Waals surface area contributed by atoms with E-state index in [4.69, 9.17) is 39.8 Å². The minimum absolute atomic E-state index is 0.376. The fourth-order valence-electron chi connectivity index (χ4n) is 3.27. The Morgan fingerprint density at radius 3 is 2.32 bits per heavy atom. The first-order chi connectivity index (χ1) is 14.7. The lowest BCUT2D eigenvalue weighted by molar-refractivity contribution is -0.0555. The molecule has 0 bridgehead atoms. The number of rotatable bonds is 4. The lowest BCUT2D eigenvalue weighted by Crippen LogP contribution is -2.17. The maximum absolute atomic E-state index is 13.1. The van der Waals surface area contributed by atoms with Crippen LogP contribution in [0, 0.1) is 0 Å². The second kappa shape index (κ2) is 8.58. The van der Waals surface area contributed by atoms with Gasteiger partial charge in [0.25, 0.3) is 0 Å². The van der Waals surface area contributed by atoms with Crippen molar-refractivity contribution in [2.24, 2.45) is 5.10 Å².